The maximum atomic E-state index is 6.09. The molecule has 2 rings (SSSR count). The highest BCUT2D eigenvalue weighted by molar-refractivity contribution is 5.48. The van der Waals surface area contributed by atoms with Crippen molar-refractivity contribution in [1.29, 1.82) is 0 Å². The molecule has 2 nitrogen and oxygen atoms in total. The average Bonchev–Trinajstić information content (AvgIpc) is 2.44. The second kappa shape index (κ2) is 6.66. The molecule has 0 aromatic heterocycles. The van der Waals surface area contributed by atoms with E-state index in [1.54, 1.807) is 0 Å². The molecule has 2 aromatic rings. The Hall–Kier alpha value is -1.96. The first-order valence-electron chi connectivity index (χ1n) is 7.51. The van der Waals surface area contributed by atoms with E-state index in [4.69, 9.17) is 4.74 Å². The number of hydrogen-bond donors (Lipinski definition) is 1. The maximum Gasteiger partial charge on any atom is 0.125 e. The predicted molar refractivity (Wildman–Crippen MR) is 90.4 cm³/mol. The van der Waals surface area contributed by atoms with Crippen LogP contribution in [0.5, 0.6) is 5.75 Å². The summed E-state index contributed by atoms with van der Waals surface area (Å²) in [7, 11) is 0. The van der Waals surface area contributed by atoms with Crippen LogP contribution in [-0.4, -0.2) is 12.6 Å². The fourth-order valence-corrected chi connectivity index (χ4v) is 2.34. The second-order valence-electron chi connectivity index (χ2n) is 5.83. The highest BCUT2D eigenvalue weighted by Crippen LogP contribution is 2.23. The monoisotopic (exact) mass is 283 g/mol. The van der Waals surface area contributed by atoms with Crippen LogP contribution < -0.4 is 10.1 Å². The van der Waals surface area contributed by atoms with Crippen LogP contribution in [0.4, 0.5) is 5.69 Å². The van der Waals surface area contributed by atoms with Crippen molar-refractivity contribution in [3.05, 3.63) is 58.7 Å². The Morgan fingerprint density at radius 3 is 2.19 bits per heavy atom. The van der Waals surface area contributed by atoms with Crippen molar-refractivity contribution in [1.82, 2.24) is 0 Å². The third kappa shape index (κ3) is 4.01. The number of hydrogen-bond acceptors (Lipinski definition) is 2. The fraction of sp³-hybridized carbons (Fsp3) is 0.368. The van der Waals surface area contributed by atoms with E-state index in [9.17, 15) is 0 Å². The van der Waals surface area contributed by atoms with E-state index >= 15 is 0 Å². The lowest BCUT2D eigenvalue weighted by Gasteiger charge is -2.19. The first-order chi connectivity index (χ1) is 9.97. The number of rotatable bonds is 5. The number of benzene rings is 2. The molecular formula is C19H25NO. The molecule has 1 unspecified atom stereocenters. The third-order valence-electron chi connectivity index (χ3n) is 3.83. The van der Waals surface area contributed by atoms with Gasteiger partial charge in [0.2, 0.25) is 0 Å². The van der Waals surface area contributed by atoms with Gasteiger partial charge in [-0.05, 0) is 69.0 Å². The minimum atomic E-state index is 0.117. The van der Waals surface area contributed by atoms with Crippen molar-refractivity contribution in [3.63, 3.8) is 0 Å². The minimum absolute atomic E-state index is 0.117. The maximum absolute atomic E-state index is 6.09. The smallest absolute Gasteiger partial charge is 0.125 e. The van der Waals surface area contributed by atoms with Gasteiger partial charge in [-0.25, -0.2) is 0 Å². The van der Waals surface area contributed by atoms with Crippen LogP contribution in [-0.2, 0) is 0 Å². The fourth-order valence-electron chi connectivity index (χ4n) is 2.34. The van der Waals surface area contributed by atoms with Crippen LogP contribution in [0.2, 0.25) is 0 Å². The first kappa shape index (κ1) is 15.4. The molecule has 0 aliphatic heterocycles. The zero-order chi connectivity index (χ0) is 15.4. The molecule has 1 atom stereocenters. The van der Waals surface area contributed by atoms with E-state index < -0.39 is 0 Å². The largest absolute Gasteiger partial charge is 0.488 e. The van der Waals surface area contributed by atoms with Gasteiger partial charge in [0.1, 0.15) is 11.9 Å². The third-order valence-corrected chi connectivity index (χ3v) is 3.83. The number of anilines is 1. The summed E-state index contributed by atoms with van der Waals surface area (Å²) in [6.07, 6.45) is 0.117. The van der Waals surface area contributed by atoms with E-state index in [2.05, 4.69) is 76.3 Å². The summed E-state index contributed by atoms with van der Waals surface area (Å²) < 4.78 is 6.09. The van der Waals surface area contributed by atoms with Crippen molar-refractivity contribution >= 4 is 5.69 Å². The Morgan fingerprint density at radius 1 is 0.905 bits per heavy atom. The second-order valence-corrected chi connectivity index (χ2v) is 5.83. The summed E-state index contributed by atoms with van der Waals surface area (Å²) in [4.78, 5) is 0. The molecule has 0 saturated heterocycles. The zero-order valence-corrected chi connectivity index (χ0v) is 13.7. The summed E-state index contributed by atoms with van der Waals surface area (Å²) in [6.45, 7) is 11.3. The highest BCUT2D eigenvalue weighted by atomic mass is 16.5. The number of ether oxygens (including phenoxy) is 1. The predicted octanol–water partition coefficient (Wildman–Crippen LogP) is 4.80. The summed E-state index contributed by atoms with van der Waals surface area (Å²) in [6, 6.07) is 12.7. The van der Waals surface area contributed by atoms with Crippen molar-refractivity contribution in [2.24, 2.45) is 0 Å². The molecule has 0 fully saturated rings. The number of nitrogens with one attached hydrogen (secondary N) is 1. The Morgan fingerprint density at radius 2 is 1.57 bits per heavy atom. The van der Waals surface area contributed by atoms with Gasteiger partial charge in [-0.2, -0.15) is 0 Å². The van der Waals surface area contributed by atoms with E-state index in [1.165, 1.54) is 22.3 Å². The molecule has 0 amide bonds. The first-order valence-corrected chi connectivity index (χ1v) is 7.51. The molecule has 0 bridgehead atoms. The van der Waals surface area contributed by atoms with Crippen LogP contribution in [0.25, 0.3) is 0 Å². The standard InChI is InChI=1S/C19H25NO/c1-13-9-10-18(11-16(13)4)20-12-17(5)21-19-14(2)7-6-8-15(19)3/h6-11,17,20H,12H2,1-5H3. The molecule has 21 heavy (non-hydrogen) atoms. The lowest BCUT2D eigenvalue weighted by Crippen LogP contribution is -2.23. The zero-order valence-electron chi connectivity index (χ0n) is 13.7. The van der Waals surface area contributed by atoms with E-state index in [-0.39, 0.29) is 6.10 Å². The molecular weight excluding hydrogens is 258 g/mol. The van der Waals surface area contributed by atoms with Gasteiger partial charge in [0.25, 0.3) is 0 Å². The van der Waals surface area contributed by atoms with Crippen LogP contribution in [0.15, 0.2) is 36.4 Å². The Kier molecular flexibility index (Phi) is 4.89. The van der Waals surface area contributed by atoms with E-state index in [0.717, 1.165) is 18.0 Å². The van der Waals surface area contributed by atoms with Gasteiger partial charge >= 0.3 is 0 Å². The van der Waals surface area contributed by atoms with Crippen LogP contribution >= 0.6 is 0 Å². The summed E-state index contributed by atoms with van der Waals surface area (Å²) >= 11 is 0. The molecule has 0 aliphatic rings. The molecule has 0 saturated carbocycles. The van der Waals surface area contributed by atoms with Gasteiger partial charge in [0, 0.05) is 5.69 Å². The number of aryl methyl sites for hydroxylation is 4. The topological polar surface area (TPSA) is 21.3 Å². The van der Waals surface area contributed by atoms with Gasteiger partial charge in [0.15, 0.2) is 0 Å². The normalized spacial score (nSPS) is 12.0. The molecule has 2 heteroatoms. The number of para-hydroxylation sites is 1. The van der Waals surface area contributed by atoms with Gasteiger partial charge in [-0.15, -0.1) is 0 Å². The summed E-state index contributed by atoms with van der Waals surface area (Å²) in [5, 5.41) is 3.45. The molecule has 0 aliphatic carbocycles. The van der Waals surface area contributed by atoms with E-state index in [1.807, 2.05) is 0 Å². The van der Waals surface area contributed by atoms with Gasteiger partial charge < -0.3 is 10.1 Å². The molecule has 0 heterocycles. The lowest BCUT2D eigenvalue weighted by molar-refractivity contribution is 0.231. The Bertz CT molecular complexity index is 599. The molecule has 0 spiro atoms. The van der Waals surface area contributed by atoms with Crippen LogP contribution in [0.3, 0.4) is 0 Å². The van der Waals surface area contributed by atoms with Crippen LogP contribution in [0.1, 0.15) is 29.2 Å². The van der Waals surface area contributed by atoms with E-state index in [0.29, 0.717) is 0 Å². The van der Waals surface area contributed by atoms with Crippen molar-refractivity contribution in [3.8, 4) is 5.75 Å². The molecule has 0 radical (unpaired) electrons. The van der Waals surface area contributed by atoms with Crippen molar-refractivity contribution in [2.75, 3.05) is 11.9 Å². The van der Waals surface area contributed by atoms with Gasteiger partial charge in [-0.1, -0.05) is 24.3 Å². The quantitative estimate of drug-likeness (QED) is 0.851. The Balaban J connectivity index is 1.96. The highest BCUT2D eigenvalue weighted by Gasteiger charge is 2.08. The Labute approximate surface area is 128 Å². The summed E-state index contributed by atoms with van der Waals surface area (Å²) in [5.74, 6) is 1.01. The van der Waals surface area contributed by atoms with Crippen molar-refractivity contribution < 1.29 is 4.74 Å². The van der Waals surface area contributed by atoms with Gasteiger partial charge in [0.05, 0.1) is 6.54 Å². The van der Waals surface area contributed by atoms with Crippen LogP contribution in [0, 0.1) is 27.7 Å². The summed E-state index contributed by atoms with van der Waals surface area (Å²) in [5.41, 5.74) is 6.15. The average molecular weight is 283 g/mol. The molecule has 1 N–H and O–H groups in total. The lowest BCUT2D eigenvalue weighted by atomic mass is 10.1. The molecule has 112 valence electrons. The SMILES string of the molecule is Cc1ccc(NCC(C)Oc2c(C)cccc2C)cc1C. The van der Waals surface area contributed by atoms with Gasteiger partial charge in [-0.3, -0.25) is 0 Å². The molecule has 2 aromatic carbocycles. The minimum Gasteiger partial charge on any atom is -0.488 e. The van der Waals surface area contributed by atoms with Crippen molar-refractivity contribution in [2.45, 2.75) is 40.7 Å².